The van der Waals surface area contributed by atoms with Gasteiger partial charge in [0, 0.05) is 73.1 Å². The number of para-hydroxylation sites is 1. The first-order chi connectivity index (χ1) is 27.1. The number of hydrogen-bond acceptors (Lipinski definition) is 8. The van der Waals surface area contributed by atoms with Gasteiger partial charge in [0.25, 0.3) is 0 Å². The normalized spacial score (nSPS) is 16.4. The molecule has 56 heavy (non-hydrogen) atoms. The summed E-state index contributed by atoms with van der Waals surface area (Å²) in [4.78, 5) is 15.3. The van der Waals surface area contributed by atoms with Gasteiger partial charge in [-0.3, -0.25) is 9.36 Å². The Labute approximate surface area is 327 Å². The molecule has 13 heteroatoms. The fraction of sp³-hybridized carbons (Fsp3) is 0.349. The third-order valence-electron chi connectivity index (χ3n) is 11.1. The number of ether oxygens (including phenoxy) is 2. The molecule has 8 rings (SSSR count). The largest absolute Gasteiger partial charge is 0.493 e. The van der Waals surface area contributed by atoms with E-state index in [-0.39, 0.29) is 12.3 Å². The SMILES string of the molecule is CC1CCNn2c(C(=O)O)c(CCCOc3cccc4ccccc34)c3cccc(c32)-c2c(COc3ccc(N4CCN(S(C)(=O)=O)CC4)cc3)nn(C)c2C1. The molecule has 0 amide bonds. The second-order valence-electron chi connectivity index (χ2n) is 14.9. The number of benzene rings is 4. The van der Waals surface area contributed by atoms with Crippen LogP contribution in [0.4, 0.5) is 5.69 Å². The molecule has 1 unspecified atom stereocenters. The number of carboxylic acid groups (broad SMARTS) is 1. The zero-order chi connectivity index (χ0) is 39.0. The Kier molecular flexibility index (Phi) is 10.4. The maximum atomic E-state index is 13.1. The summed E-state index contributed by atoms with van der Waals surface area (Å²) in [6.45, 7) is 5.67. The van der Waals surface area contributed by atoms with Crippen molar-refractivity contribution in [3.8, 4) is 22.6 Å². The number of aromatic nitrogens is 3. The molecule has 4 aromatic carbocycles. The highest BCUT2D eigenvalue weighted by atomic mass is 32.2. The zero-order valence-corrected chi connectivity index (χ0v) is 32.9. The predicted octanol–water partition coefficient (Wildman–Crippen LogP) is 6.69. The molecule has 1 fully saturated rings. The van der Waals surface area contributed by atoms with Gasteiger partial charge in [0.05, 0.1) is 18.4 Å². The van der Waals surface area contributed by atoms with Crippen LogP contribution >= 0.6 is 0 Å². The maximum absolute atomic E-state index is 13.1. The van der Waals surface area contributed by atoms with Crippen LogP contribution in [-0.4, -0.2) is 83.8 Å². The van der Waals surface area contributed by atoms with Crippen molar-refractivity contribution in [1.29, 1.82) is 0 Å². The van der Waals surface area contributed by atoms with Crippen molar-refractivity contribution in [2.45, 2.75) is 39.2 Å². The van der Waals surface area contributed by atoms with Gasteiger partial charge in [-0.05, 0) is 72.9 Å². The van der Waals surface area contributed by atoms with Crippen LogP contribution in [0.1, 0.15) is 47.2 Å². The number of anilines is 1. The standard InChI is InChI=1S/C43H48N6O6S/c1-29-20-21-44-49-41-34(35(42(49)43(50)51)14-8-26-54-39-15-6-10-30-9-4-5-11-33(30)39)12-7-13-36(41)40-37(45-46(2)38(40)27-29)28-55-32-18-16-31(17-19-32)47-22-24-48(25-23-47)56(3,52)53/h4-7,9-13,15-19,29,44H,8,14,20-28H2,1-3H3,(H,50,51). The quantitative estimate of drug-likeness (QED) is 0.138. The van der Waals surface area contributed by atoms with E-state index in [1.54, 1.807) is 4.68 Å². The second kappa shape index (κ2) is 15.5. The van der Waals surface area contributed by atoms with Crippen molar-refractivity contribution in [2.24, 2.45) is 13.0 Å². The molecule has 2 aromatic heterocycles. The van der Waals surface area contributed by atoms with E-state index in [0.717, 1.165) is 74.0 Å². The Morgan fingerprint density at radius 1 is 0.929 bits per heavy atom. The summed E-state index contributed by atoms with van der Waals surface area (Å²) in [5, 5.41) is 18.8. The van der Waals surface area contributed by atoms with Crippen molar-refractivity contribution in [3.05, 3.63) is 108 Å². The predicted molar refractivity (Wildman–Crippen MR) is 220 cm³/mol. The molecule has 292 valence electrons. The summed E-state index contributed by atoms with van der Waals surface area (Å²) in [5.41, 5.74) is 10.1. The van der Waals surface area contributed by atoms with Gasteiger partial charge in [-0.15, -0.1) is 0 Å². The van der Waals surface area contributed by atoms with Gasteiger partial charge in [-0.25, -0.2) is 13.2 Å². The van der Waals surface area contributed by atoms with E-state index in [4.69, 9.17) is 14.6 Å². The molecule has 6 aromatic rings. The number of fused-ring (bicyclic) bond motifs is 3. The number of piperazine rings is 1. The molecular formula is C43H48N6O6S. The minimum absolute atomic E-state index is 0.221. The smallest absolute Gasteiger partial charge is 0.354 e. The lowest BCUT2D eigenvalue weighted by molar-refractivity contribution is 0.0685. The van der Waals surface area contributed by atoms with Gasteiger partial charge in [-0.1, -0.05) is 61.5 Å². The molecular weight excluding hydrogens is 729 g/mol. The van der Waals surface area contributed by atoms with Gasteiger partial charge in [-0.2, -0.15) is 9.40 Å². The van der Waals surface area contributed by atoms with Gasteiger partial charge < -0.3 is 24.9 Å². The minimum atomic E-state index is -3.20. The number of carbonyl (C=O) groups is 1. The summed E-state index contributed by atoms with van der Waals surface area (Å²) >= 11 is 0. The number of sulfonamides is 1. The molecule has 0 bridgehead atoms. The summed E-state index contributed by atoms with van der Waals surface area (Å²) in [7, 11) is -1.23. The van der Waals surface area contributed by atoms with E-state index in [9.17, 15) is 18.3 Å². The number of aromatic carboxylic acids is 1. The Morgan fingerprint density at radius 2 is 1.66 bits per heavy atom. The summed E-state index contributed by atoms with van der Waals surface area (Å²) in [6.07, 6.45) is 4.07. The summed E-state index contributed by atoms with van der Waals surface area (Å²) in [5.74, 6) is 0.846. The van der Waals surface area contributed by atoms with Crippen LogP contribution in [0.2, 0.25) is 0 Å². The topological polar surface area (TPSA) is 131 Å². The van der Waals surface area contributed by atoms with Crippen LogP contribution in [-0.2, 0) is 36.5 Å². The lowest BCUT2D eigenvalue weighted by Crippen LogP contribution is -2.48. The third-order valence-corrected chi connectivity index (χ3v) is 12.4. The average molecular weight is 777 g/mol. The highest BCUT2D eigenvalue weighted by molar-refractivity contribution is 7.88. The number of aryl methyl sites for hydroxylation is 2. The zero-order valence-electron chi connectivity index (χ0n) is 32.1. The summed E-state index contributed by atoms with van der Waals surface area (Å²) < 4.78 is 41.9. The fourth-order valence-corrected chi connectivity index (χ4v) is 9.12. The highest BCUT2D eigenvalue weighted by Gasteiger charge is 2.29. The molecule has 0 saturated carbocycles. The summed E-state index contributed by atoms with van der Waals surface area (Å²) in [6, 6.07) is 28.2. The molecule has 12 nitrogen and oxygen atoms in total. The number of rotatable bonds is 11. The molecule has 0 spiro atoms. The van der Waals surface area contributed by atoms with E-state index in [2.05, 4.69) is 41.5 Å². The van der Waals surface area contributed by atoms with E-state index >= 15 is 0 Å². The highest BCUT2D eigenvalue weighted by Crippen LogP contribution is 2.39. The molecule has 2 aliphatic rings. The molecule has 1 saturated heterocycles. The number of carboxylic acids is 1. The van der Waals surface area contributed by atoms with Gasteiger partial charge in [0.1, 0.15) is 23.8 Å². The van der Waals surface area contributed by atoms with Crippen molar-refractivity contribution in [3.63, 3.8) is 0 Å². The number of nitrogens with one attached hydrogen (secondary N) is 1. The van der Waals surface area contributed by atoms with Crippen LogP contribution < -0.4 is 19.8 Å². The van der Waals surface area contributed by atoms with Gasteiger partial charge in [0.2, 0.25) is 10.0 Å². The third kappa shape index (κ3) is 7.40. The Bertz CT molecular complexity index is 2500. The Balaban J connectivity index is 1.08. The first-order valence-electron chi connectivity index (χ1n) is 19.3. The molecule has 1 atom stereocenters. The van der Waals surface area contributed by atoms with Crippen molar-refractivity contribution in [1.82, 2.24) is 18.8 Å². The Hall–Kier alpha value is -5.53. The number of nitrogens with zero attached hydrogens (tertiary/aromatic N) is 5. The monoisotopic (exact) mass is 776 g/mol. The minimum Gasteiger partial charge on any atom is -0.493 e. The van der Waals surface area contributed by atoms with E-state index < -0.39 is 16.0 Å². The van der Waals surface area contributed by atoms with E-state index in [0.29, 0.717) is 63.8 Å². The lowest BCUT2D eigenvalue weighted by atomic mass is 9.93. The fourth-order valence-electron chi connectivity index (χ4n) is 8.30. The second-order valence-corrected chi connectivity index (χ2v) is 16.9. The van der Waals surface area contributed by atoms with Crippen LogP contribution in [0.3, 0.4) is 0 Å². The van der Waals surface area contributed by atoms with Crippen molar-refractivity contribution < 1.29 is 27.8 Å². The van der Waals surface area contributed by atoms with Crippen molar-refractivity contribution in [2.75, 3.05) is 55.9 Å². The first kappa shape index (κ1) is 37.4. The van der Waals surface area contributed by atoms with Crippen molar-refractivity contribution >= 4 is 43.4 Å². The maximum Gasteiger partial charge on any atom is 0.354 e. The van der Waals surface area contributed by atoms with E-state index in [1.807, 2.05) is 72.4 Å². The van der Waals surface area contributed by atoms with Crippen LogP contribution in [0.5, 0.6) is 11.5 Å². The van der Waals surface area contributed by atoms with Crippen LogP contribution in [0.25, 0.3) is 32.8 Å². The van der Waals surface area contributed by atoms with Crippen LogP contribution in [0.15, 0.2) is 84.9 Å². The lowest BCUT2D eigenvalue weighted by Gasteiger charge is -2.34. The van der Waals surface area contributed by atoms with E-state index in [1.165, 1.54) is 10.6 Å². The average Bonchev–Trinajstić information content (AvgIpc) is 3.68. The van der Waals surface area contributed by atoms with Gasteiger partial charge in [0.15, 0.2) is 5.69 Å². The van der Waals surface area contributed by atoms with Crippen LogP contribution in [0, 0.1) is 5.92 Å². The number of hydrogen-bond donors (Lipinski definition) is 2. The molecule has 0 radical (unpaired) electrons. The molecule has 2 N–H and O–H groups in total. The first-order valence-corrected chi connectivity index (χ1v) is 21.1. The molecule has 2 aliphatic heterocycles. The van der Waals surface area contributed by atoms with Gasteiger partial charge >= 0.3 is 5.97 Å². The molecule has 0 aliphatic carbocycles. The Morgan fingerprint density at radius 3 is 2.43 bits per heavy atom. The molecule has 4 heterocycles.